The molecule has 4 aliphatic rings. The van der Waals surface area contributed by atoms with Gasteiger partial charge in [0.25, 0.3) is 0 Å². The molecule has 0 spiro atoms. The summed E-state index contributed by atoms with van der Waals surface area (Å²) in [6.45, 7) is 9.78. The van der Waals surface area contributed by atoms with Gasteiger partial charge >= 0.3 is 0 Å². The average Bonchev–Trinajstić information content (AvgIpc) is 2.52. The van der Waals surface area contributed by atoms with Gasteiger partial charge in [-0.3, -0.25) is 0 Å². The molecule has 0 amide bonds. The van der Waals surface area contributed by atoms with Crippen molar-refractivity contribution in [2.75, 3.05) is 0 Å². The molecule has 4 fully saturated rings. The van der Waals surface area contributed by atoms with Crippen molar-refractivity contribution in [2.45, 2.75) is 58.6 Å². The summed E-state index contributed by atoms with van der Waals surface area (Å²) in [6, 6.07) is 0. The highest BCUT2D eigenvalue weighted by molar-refractivity contribution is 8.04. The minimum Gasteiger partial charge on any atom is -0.185 e. The molecule has 0 N–H and O–H groups in total. The van der Waals surface area contributed by atoms with Crippen LogP contribution in [0, 0.1) is 45.2 Å². The number of rotatable bonds is 2. The molecular formula is C16H25NS. The summed E-state index contributed by atoms with van der Waals surface area (Å²) in [6.07, 6.45) is 5.57. The molecule has 4 rings (SSSR count). The van der Waals surface area contributed by atoms with E-state index in [2.05, 4.69) is 33.1 Å². The highest BCUT2D eigenvalue weighted by Gasteiger charge is 2.66. The van der Waals surface area contributed by atoms with Gasteiger partial charge in [0.15, 0.2) is 0 Å². The minimum atomic E-state index is 0.448. The smallest absolute Gasteiger partial charge is 0.133 e. The Hall–Kier alpha value is -0.160. The van der Waals surface area contributed by atoms with E-state index in [1.54, 1.807) is 11.8 Å². The van der Waals surface area contributed by atoms with Gasteiger partial charge in [-0.1, -0.05) is 27.7 Å². The molecule has 0 radical (unpaired) electrons. The Balaban J connectivity index is 2.00. The second kappa shape index (κ2) is 3.92. The summed E-state index contributed by atoms with van der Waals surface area (Å²) in [5, 5.41) is 12.2. The van der Waals surface area contributed by atoms with Crippen LogP contribution in [-0.2, 0) is 0 Å². The van der Waals surface area contributed by atoms with E-state index < -0.39 is 0 Å². The number of nitrogens with zero attached hydrogens (tertiary/aromatic N) is 1. The molecule has 2 heteroatoms. The van der Waals surface area contributed by atoms with Crippen LogP contribution in [-0.4, -0.2) is 5.25 Å². The first-order chi connectivity index (χ1) is 8.42. The van der Waals surface area contributed by atoms with Crippen LogP contribution in [0.25, 0.3) is 0 Å². The minimum absolute atomic E-state index is 0.448. The third-order valence-corrected chi connectivity index (χ3v) is 7.95. The summed E-state index contributed by atoms with van der Waals surface area (Å²) in [4.78, 5) is 0. The number of fused-ring (bicyclic) bond motifs is 1. The molecule has 0 aromatic carbocycles. The van der Waals surface area contributed by atoms with Crippen LogP contribution in [0.5, 0.6) is 0 Å². The molecule has 18 heavy (non-hydrogen) atoms. The van der Waals surface area contributed by atoms with E-state index in [4.69, 9.17) is 0 Å². The van der Waals surface area contributed by atoms with Gasteiger partial charge in [-0.25, -0.2) is 0 Å². The van der Waals surface area contributed by atoms with Gasteiger partial charge in [0.1, 0.15) is 5.40 Å². The third kappa shape index (κ3) is 1.46. The monoisotopic (exact) mass is 263 g/mol. The Bertz CT molecular complexity index is 398. The van der Waals surface area contributed by atoms with Gasteiger partial charge in [0, 0.05) is 5.25 Å². The lowest BCUT2D eigenvalue weighted by molar-refractivity contribution is -0.0757. The number of hydrogen-bond donors (Lipinski definition) is 0. The number of thioether (sulfide) groups is 1. The number of nitriles is 1. The van der Waals surface area contributed by atoms with E-state index in [0.717, 1.165) is 23.7 Å². The third-order valence-electron chi connectivity index (χ3n) is 6.71. The molecule has 0 aromatic heterocycles. The van der Waals surface area contributed by atoms with Crippen molar-refractivity contribution < 1.29 is 0 Å². The molecule has 4 bridgehead atoms. The van der Waals surface area contributed by atoms with Crippen LogP contribution < -0.4 is 0 Å². The lowest BCUT2D eigenvalue weighted by Crippen LogP contribution is -2.57. The number of hydrogen-bond acceptors (Lipinski definition) is 2. The molecule has 4 aliphatic carbocycles. The van der Waals surface area contributed by atoms with E-state index in [1.165, 1.54) is 25.7 Å². The van der Waals surface area contributed by atoms with Gasteiger partial charge in [0.2, 0.25) is 0 Å². The van der Waals surface area contributed by atoms with E-state index in [9.17, 15) is 5.26 Å². The van der Waals surface area contributed by atoms with Crippen LogP contribution in [0.4, 0.5) is 0 Å². The summed E-state index contributed by atoms with van der Waals surface area (Å²) >= 11 is 1.60. The molecule has 0 saturated heterocycles. The first-order valence-corrected chi connectivity index (χ1v) is 8.35. The van der Waals surface area contributed by atoms with Gasteiger partial charge < -0.3 is 0 Å². The Morgan fingerprint density at radius 2 is 2.00 bits per heavy atom. The number of thiocyanates is 1. The zero-order chi connectivity index (χ0) is 13.1. The van der Waals surface area contributed by atoms with Crippen LogP contribution in [0.3, 0.4) is 0 Å². The van der Waals surface area contributed by atoms with E-state index in [0.29, 0.717) is 16.1 Å². The van der Waals surface area contributed by atoms with Gasteiger partial charge in [0.05, 0.1) is 0 Å². The fourth-order valence-corrected chi connectivity index (χ4v) is 6.98. The van der Waals surface area contributed by atoms with Gasteiger partial charge in [-0.15, -0.1) is 0 Å². The van der Waals surface area contributed by atoms with E-state index in [1.807, 2.05) is 0 Å². The molecule has 0 heterocycles. The highest BCUT2D eigenvalue weighted by atomic mass is 32.2. The molecule has 1 nitrogen and oxygen atoms in total. The molecule has 4 unspecified atom stereocenters. The normalized spacial score (nSPS) is 53.8. The Morgan fingerprint density at radius 3 is 2.61 bits per heavy atom. The quantitative estimate of drug-likeness (QED) is 0.675. The topological polar surface area (TPSA) is 23.8 Å². The molecule has 6 atom stereocenters. The predicted octanol–water partition coefficient (Wildman–Crippen LogP) is 4.69. The molecule has 0 aliphatic heterocycles. The second-order valence-corrected chi connectivity index (χ2v) is 8.78. The summed E-state index contributed by atoms with van der Waals surface area (Å²) in [7, 11) is 0. The lowest BCUT2D eigenvalue weighted by atomic mass is 9.47. The van der Waals surface area contributed by atoms with Crippen molar-refractivity contribution in [2.24, 2.45) is 34.5 Å². The van der Waals surface area contributed by atoms with Crippen molar-refractivity contribution in [1.29, 1.82) is 5.26 Å². The van der Waals surface area contributed by atoms with Crippen LogP contribution in [0.2, 0.25) is 0 Å². The standard InChI is InChI=1S/C16H25NS/c1-10(2)11-7-13-15(3)5-6-16(13,4)14(18-9-17)12(11)8-15/h10-14H,5-8H2,1-4H3/t11?,12?,13?,14?,15-,16-/m0/s1. The van der Waals surface area contributed by atoms with Crippen molar-refractivity contribution in [3.05, 3.63) is 0 Å². The first kappa shape index (κ1) is 12.9. The zero-order valence-electron chi connectivity index (χ0n) is 12.1. The maximum Gasteiger partial charge on any atom is 0.133 e. The zero-order valence-corrected chi connectivity index (χ0v) is 12.9. The fraction of sp³-hybridized carbons (Fsp3) is 0.938. The lowest BCUT2D eigenvalue weighted by Gasteiger charge is -2.61. The Morgan fingerprint density at radius 1 is 1.28 bits per heavy atom. The van der Waals surface area contributed by atoms with Gasteiger partial charge in [-0.2, -0.15) is 5.26 Å². The predicted molar refractivity (Wildman–Crippen MR) is 77.0 cm³/mol. The average molecular weight is 263 g/mol. The summed E-state index contributed by atoms with van der Waals surface area (Å²) < 4.78 is 0. The molecule has 0 aromatic rings. The van der Waals surface area contributed by atoms with Crippen molar-refractivity contribution in [1.82, 2.24) is 0 Å². The first-order valence-electron chi connectivity index (χ1n) is 7.47. The van der Waals surface area contributed by atoms with Crippen LogP contribution in [0.1, 0.15) is 53.4 Å². The second-order valence-electron chi connectivity index (χ2n) is 7.85. The Kier molecular flexibility index (Phi) is 2.80. The Labute approximate surface area is 116 Å². The van der Waals surface area contributed by atoms with Crippen molar-refractivity contribution >= 4 is 11.8 Å². The highest BCUT2D eigenvalue weighted by Crippen LogP contribution is 2.72. The maximum atomic E-state index is 9.19. The summed E-state index contributed by atoms with van der Waals surface area (Å²) in [5.74, 6) is 3.30. The van der Waals surface area contributed by atoms with Crippen LogP contribution in [0.15, 0.2) is 0 Å². The van der Waals surface area contributed by atoms with Crippen molar-refractivity contribution in [3.8, 4) is 5.40 Å². The van der Waals surface area contributed by atoms with E-state index in [-0.39, 0.29) is 0 Å². The maximum absolute atomic E-state index is 9.19. The molecule has 100 valence electrons. The summed E-state index contributed by atoms with van der Waals surface area (Å²) in [5.41, 5.74) is 1.04. The molecule has 4 saturated carbocycles. The van der Waals surface area contributed by atoms with Crippen LogP contribution >= 0.6 is 11.8 Å². The van der Waals surface area contributed by atoms with E-state index >= 15 is 0 Å². The van der Waals surface area contributed by atoms with Crippen molar-refractivity contribution in [3.63, 3.8) is 0 Å². The SMILES string of the molecule is CC(C)C1CC2[C@@]3(C)CC[C@]2(C)C(SC#N)C1C3. The largest absolute Gasteiger partial charge is 0.185 e. The molecular weight excluding hydrogens is 238 g/mol. The fourth-order valence-electron chi connectivity index (χ4n) is 5.84. The van der Waals surface area contributed by atoms with Gasteiger partial charge in [-0.05, 0) is 71.9 Å².